The largest absolute Gasteiger partial charge is 0.393 e. The van der Waals surface area contributed by atoms with Crippen molar-refractivity contribution in [1.29, 1.82) is 0 Å². The number of fused-ring (bicyclic) bond motifs is 4. The summed E-state index contributed by atoms with van der Waals surface area (Å²) in [4.78, 5) is 30.5. The van der Waals surface area contributed by atoms with E-state index in [0.717, 1.165) is 17.7 Å². The van der Waals surface area contributed by atoms with Crippen molar-refractivity contribution in [3.8, 4) is 0 Å². The highest BCUT2D eigenvalue weighted by atomic mass is 32.7. The van der Waals surface area contributed by atoms with E-state index in [9.17, 15) is 19.0 Å². The molecule has 0 aliphatic carbocycles. The minimum Gasteiger partial charge on any atom is -0.393 e. The van der Waals surface area contributed by atoms with Crippen LogP contribution < -0.4 is 33.2 Å². The van der Waals surface area contributed by atoms with Gasteiger partial charge in [-0.15, -0.1) is 0 Å². The topological polar surface area (TPSA) is 292 Å². The van der Waals surface area contributed by atoms with E-state index >= 15 is 4.39 Å². The number of nitrogen functional groups attached to an aromatic ring is 3. The fourth-order valence-electron chi connectivity index (χ4n) is 5.13. The van der Waals surface area contributed by atoms with E-state index in [4.69, 9.17) is 44.8 Å². The fourth-order valence-corrected chi connectivity index (χ4v) is 8.08. The number of nitrogens with one attached hydrogen (secondary N) is 2. The van der Waals surface area contributed by atoms with Gasteiger partial charge in [-0.1, -0.05) is 24.5 Å². The first-order chi connectivity index (χ1) is 21.7. The molecule has 3 aliphatic rings. The molecule has 0 saturated carbocycles. The summed E-state index contributed by atoms with van der Waals surface area (Å²) in [5.41, 5.74) is 19.2. The number of H-pyrrole nitrogens is 1. The molecule has 3 aromatic rings. The number of nitrogens with two attached hydrogens (primary N) is 3. The number of alkyl halides is 1. The summed E-state index contributed by atoms with van der Waals surface area (Å²) in [7, 11) is 1.42. The number of halogens is 1. The quantitative estimate of drug-likeness (QED) is 0.0955. The molecule has 3 fully saturated rings. The highest BCUT2D eigenvalue weighted by Gasteiger charge is 2.54. The van der Waals surface area contributed by atoms with Crippen LogP contribution in [0, 0.1) is 0 Å². The van der Waals surface area contributed by atoms with E-state index in [1.807, 2.05) is 0 Å². The number of hydrogen-bond donors (Lipinski definition) is 8. The van der Waals surface area contributed by atoms with Crippen molar-refractivity contribution in [3.05, 3.63) is 23.0 Å². The van der Waals surface area contributed by atoms with Gasteiger partial charge in [-0.05, 0) is 0 Å². The number of ether oxygens (including phenoxy) is 2. The zero-order chi connectivity index (χ0) is 33.1. The monoisotopic (exact) mass is 727 g/mol. The van der Waals surface area contributed by atoms with Gasteiger partial charge in [-0.25, -0.2) is 33.9 Å². The van der Waals surface area contributed by atoms with Gasteiger partial charge in [0.15, 0.2) is 41.4 Å². The van der Waals surface area contributed by atoms with Gasteiger partial charge in [-0.2, -0.15) is 4.98 Å². The maximum absolute atomic E-state index is 16.1. The molecule has 3 unspecified atom stereocenters. The molecule has 0 amide bonds. The van der Waals surface area contributed by atoms with Gasteiger partial charge >= 0.3 is 13.6 Å². The van der Waals surface area contributed by atoms with Gasteiger partial charge in [-0.3, -0.25) is 37.4 Å². The number of aromatic amines is 1. The molecule has 0 aromatic carbocycles. The Morgan fingerprint density at radius 1 is 1.09 bits per heavy atom. The Labute approximate surface area is 268 Å². The molecular weight excluding hydrogens is 699 g/mol. The summed E-state index contributed by atoms with van der Waals surface area (Å²) >= 11 is 8.03. The van der Waals surface area contributed by atoms with Gasteiger partial charge in [0.2, 0.25) is 5.95 Å². The van der Waals surface area contributed by atoms with E-state index < -0.39 is 81.5 Å². The number of aromatic nitrogens is 6. The van der Waals surface area contributed by atoms with Crippen LogP contribution in [-0.4, -0.2) is 97.8 Å². The molecular formula is C20H28FN11O10P2S2. The van der Waals surface area contributed by atoms with Crippen molar-refractivity contribution in [2.75, 3.05) is 42.5 Å². The van der Waals surface area contributed by atoms with E-state index in [0.29, 0.717) is 0 Å². The summed E-state index contributed by atoms with van der Waals surface area (Å²) in [6.45, 7) is -10.2. The zero-order valence-electron chi connectivity index (χ0n) is 23.4. The lowest BCUT2D eigenvalue weighted by molar-refractivity contribution is -0.0532. The van der Waals surface area contributed by atoms with E-state index in [2.05, 4.69) is 54.8 Å². The molecule has 0 spiro atoms. The first kappa shape index (κ1) is 33.3. The first-order valence-electron chi connectivity index (χ1n) is 13.2. The van der Waals surface area contributed by atoms with Crippen molar-refractivity contribution in [3.63, 3.8) is 0 Å². The van der Waals surface area contributed by atoms with E-state index in [1.165, 1.54) is 11.6 Å². The van der Waals surface area contributed by atoms with Crippen LogP contribution in [0.5, 0.6) is 0 Å². The Balaban J connectivity index is 1.31. The molecule has 26 heteroatoms. The van der Waals surface area contributed by atoms with Crippen molar-refractivity contribution in [1.82, 2.24) is 34.9 Å². The third-order valence-electron chi connectivity index (χ3n) is 7.24. The molecule has 252 valence electrons. The van der Waals surface area contributed by atoms with Crippen LogP contribution in [0.1, 0.15) is 6.23 Å². The predicted octanol–water partition coefficient (Wildman–Crippen LogP) is -0.488. The third-order valence-corrected chi connectivity index (χ3v) is 10.5. The highest BCUT2D eigenvalue weighted by Crippen LogP contribution is 2.60. The maximum atomic E-state index is 16.1. The van der Waals surface area contributed by atoms with Crippen LogP contribution in [0.3, 0.4) is 0 Å². The molecule has 3 saturated heterocycles. The maximum Gasteiger partial charge on any atom is 0.386 e. The van der Waals surface area contributed by atoms with Crippen LogP contribution in [0.15, 0.2) is 17.4 Å². The molecule has 6 rings (SSSR count). The lowest BCUT2D eigenvalue weighted by Crippen LogP contribution is -2.49. The van der Waals surface area contributed by atoms with E-state index in [-0.39, 0.29) is 34.4 Å². The minimum atomic E-state index is -4.44. The van der Waals surface area contributed by atoms with Crippen LogP contribution >= 0.6 is 38.1 Å². The number of hydrogen-bond acceptors (Lipinski definition) is 19. The number of aliphatic hydroxyl groups excluding tert-OH is 1. The Morgan fingerprint density at radius 2 is 1.76 bits per heavy atom. The van der Waals surface area contributed by atoms with Crippen LogP contribution in [-0.2, 0) is 36.7 Å². The summed E-state index contributed by atoms with van der Waals surface area (Å²) in [6.07, 6.45) is -10.4. The number of aliphatic hydroxyl groups is 1. The standard InChI is InChI=1S/C20H28FN11O10P2S2/c1-25-32(15-9(22)14(23)26-4-27-15)18-8(21)12-7(40-18)3-38-44(36,46)42-13-11(33)6(2-37-43(35,45)41-12)39-19(13)31-5-28-10-16(31)29-20(24)30-17(10)34/h4-8,11-13,18-19,25,33H,2-3,22H2,1H3,(H,35,45)(H,36,46)(H2,23,26,27)(H3,24,29,30,34)/t6-,7-,8+,11-,12-,13+,18-,19?,43?,44?/m1/s1. The predicted molar refractivity (Wildman–Crippen MR) is 163 cm³/mol. The van der Waals surface area contributed by atoms with Crippen molar-refractivity contribution < 1.29 is 46.2 Å². The molecule has 9 N–H and O–H groups in total. The molecule has 3 aromatic heterocycles. The van der Waals surface area contributed by atoms with Crippen LogP contribution in [0.2, 0.25) is 0 Å². The van der Waals surface area contributed by atoms with E-state index in [1.54, 1.807) is 0 Å². The Hall–Kier alpha value is -2.60. The smallest absolute Gasteiger partial charge is 0.386 e. The summed E-state index contributed by atoms with van der Waals surface area (Å²) in [5, 5.41) is 12.2. The lowest BCUT2D eigenvalue weighted by atomic mass is 10.1. The third kappa shape index (κ3) is 6.20. The van der Waals surface area contributed by atoms with Crippen molar-refractivity contribution >= 4 is 72.5 Å². The molecule has 0 radical (unpaired) electrons. The van der Waals surface area contributed by atoms with Crippen molar-refractivity contribution in [2.24, 2.45) is 0 Å². The zero-order valence-corrected chi connectivity index (χ0v) is 27.0. The minimum absolute atomic E-state index is 0.0510. The fraction of sp³-hybridized carbons (Fsp3) is 0.550. The number of rotatable bonds is 4. The Morgan fingerprint density at radius 3 is 2.46 bits per heavy atom. The van der Waals surface area contributed by atoms with Gasteiger partial charge in [0.05, 0.1) is 19.5 Å². The number of anilines is 4. The molecule has 2 bridgehead atoms. The van der Waals surface area contributed by atoms with Crippen LogP contribution in [0.4, 0.5) is 27.7 Å². The first-order valence-corrected chi connectivity index (χ1v) is 18.6. The lowest BCUT2D eigenvalue weighted by Gasteiger charge is -2.30. The molecule has 10 atom stereocenters. The Kier molecular flexibility index (Phi) is 9.01. The second-order valence-corrected chi connectivity index (χ2v) is 15.9. The van der Waals surface area contributed by atoms with Gasteiger partial charge in [0, 0.05) is 7.05 Å². The number of thiol groups is 2. The average Bonchev–Trinajstić information content (AvgIpc) is 3.63. The second-order valence-electron chi connectivity index (χ2n) is 10.1. The summed E-state index contributed by atoms with van der Waals surface area (Å²) < 4.78 is 77.9. The summed E-state index contributed by atoms with van der Waals surface area (Å²) in [5.74, 6) is -0.383. The SMILES string of the molecule is CNN(c1ncnc(N)c1N)[C@@H]1O[C@@H]2COP(=O)(S)O[C@@H]3C(n4cnc5c(=O)[nH]c(N)nc54)O[C@H](COP(=O)(S)O[C@H]2[C@@H]1F)[C@H]3O. The summed E-state index contributed by atoms with van der Waals surface area (Å²) in [6, 6.07) is 0. The number of imidazole rings is 1. The molecule has 21 nitrogen and oxygen atoms in total. The Bertz CT molecular complexity index is 1790. The molecule has 46 heavy (non-hydrogen) atoms. The average molecular weight is 728 g/mol. The second kappa shape index (κ2) is 12.5. The molecule has 6 heterocycles. The normalized spacial score (nSPS) is 36.9. The van der Waals surface area contributed by atoms with Crippen LogP contribution in [0.25, 0.3) is 11.2 Å². The van der Waals surface area contributed by atoms with Gasteiger partial charge < -0.3 is 31.8 Å². The molecule has 3 aliphatic heterocycles. The van der Waals surface area contributed by atoms with Crippen molar-refractivity contribution in [2.45, 2.75) is 49.1 Å². The highest BCUT2D eigenvalue weighted by molar-refractivity contribution is 8.44. The number of nitrogens with zero attached hydrogens (tertiary/aromatic N) is 6. The van der Waals surface area contributed by atoms with Gasteiger partial charge in [0.25, 0.3) is 5.56 Å². The number of hydrazine groups is 1. The van der Waals surface area contributed by atoms with Gasteiger partial charge in [0.1, 0.15) is 42.5 Å².